The van der Waals surface area contributed by atoms with Gasteiger partial charge in [-0.2, -0.15) is 0 Å². The van der Waals surface area contributed by atoms with Crippen molar-refractivity contribution in [2.75, 3.05) is 27.2 Å². The molecule has 0 fully saturated rings. The van der Waals surface area contributed by atoms with Gasteiger partial charge in [0.1, 0.15) is 94.7 Å². The first kappa shape index (κ1) is 63.0. The van der Waals surface area contributed by atoms with Gasteiger partial charge in [-0.1, -0.05) is 53.5 Å². The van der Waals surface area contributed by atoms with E-state index >= 15 is 24.0 Å². The van der Waals surface area contributed by atoms with Gasteiger partial charge in [-0.15, -0.1) is 0 Å². The molecule has 0 saturated carbocycles. The van der Waals surface area contributed by atoms with Crippen LogP contribution < -0.4 is 57.2 Å². The van der Waals surface area contributed by atoms with Crippen LogP contribution in [0.15, 0.2) is 115 Å². The summed E-state index contributed by atoms with van der Waals surface area (Å²) in [5.41, 5.74) is 3.77. The average molecular weight is 1300 g/mol. The number of phenols is 6. The number of phenolic OH excluding ortho intramolecular Hbond substituents is 6. The predicted octanol–water partition coefficient (Wildman–Crippen LogP) is 4.46. The van der Waals surface area contributed by atoms with E-state index in [4.69, 9.17) is 43.1 Å². The highest BCUT2D eigenvalue weighted by Gasteiger charge is 2.43. The number of amides is 7. The maximum absolute atomic E-state index is 16.0. The number of nitrogens with two attached hydrogens (primary N) is 1. The summed E-state index contributed by atoms with van der Waals surface area (Å²) in [4.78, 5) is 108. The maximum atomic E-state index is 16.0. The molecular weight excluding hydrogens is 1240 g/mol. The second-order valence-corrected chi connectivity index (χ2v) is 23.1. The second-order valence-electron chi connectivity index (χ2n) is 22.3. The molecule has 0 saturated heterocycles. The highest BCUT2D eigenvalue weighted by Crippen LogP contribution is 2.49. The zero-order valence-electron chi connectivity index (χ0n) is 48.2. The topological polar surface area (TPSA) is 422 Å². The Hall–Kier alpha value is -10.6. The van der Waals surface area contributed by atoms with Crippen LogP contribution in [0.5, 0.6) is 69.0 Å². The third-order valence-corrected chi connectivity index (χ3v) is 16.3. The number of fused-ring (bicyclic) bond motifs is 13. The Morgan fingerprint density at radius 1 is 0.511 bits per heavy atom. The molecule has 0 aromatic heterocycles. The van der Waals surface area contributed by atoms with E-state index < -0.39 is 159 Å². The van der Waals surface area contributed by atoms with Crippen molar-refractivity contribution in [1.82, 2.24) is 42.1 Å². The number of carbonyl (C=O) groups excluding carboxylic acids is 7. The molecule has 0 radical (unpaired) electrons. The van der Waals surface area contributed by atoms with Crippen LogP contribution in [0, 0.1) is 0 Å². The molecule has 6 aliphatic heterocycles. The SMILES string of the molecule is CN(C)CCCNC(=O)C1NC(=O)C2NC(=O)C(NC(=O)C3NC(=O)C4NC(=O)C(NC(=O)C(N)c5ccc(O)c(c5)Oc5cc(O)cc4c5)C(O)c4ccc(c(Cl)c4)Oc4cc3cc(c4O)Oc3ccc(cc3Cl)C2O)c2cccc(O)c2-c2c(O)cc(O)cc21. The van der Waals surface area contributed by atoms with Crippen molar-refractivity contribution in [1.29, 1.82) is 0 Å². The van der Waals surface area contributed by atoms with Crippen molar-refractivity contribution in [2.24, 2.45) is 5.73 Å². The van der Waals surface area contributed by atoms with Gasteiger partial charge in [0, 0.05) is 29.8 Å². The number of rotatable bonds is 5. The number of benzene rings is 7. The van der Waals surface area contributed by atoms with E-state index in [0.29, 0.717) is 13.0 Å². The van der Waals surface area contributed by atoms with Crippen molar-refractivity contribution >= 4 is 64.6 Å². The summed E-state index contributed by atoms with van der Waals surface area (Å²) in [5.74, 6) is -15.0. The molecule has 92 heavy (non-hydrogen) atoms. The molecule has 15 bridgehead atoms. The molecule has 7 aromatic carbocycles. The van der Waals surface area contributed by atoms with Gasteiger partial charge in [0.25, 0.3) is 0 Å². The van der Waals surface area contributed by atoms with Crippen LogP contribution in [-0.4, -0.2) is 126 Å². The molecular formula is C63H57Cl2N9O18. The molecule has 476 valence electrons. The van der Waals surface area contributed by atoms with Gasteiger partial charge in [0.2, 0.25) is 47.1 Å². The third kappa shape index (κ3) is 12.5. The summed E-state index contributed by atoms with van der Waals surface area (Å²) in [7, 11) is 3.61. The Morgan fingerprint density at radius 2 is 1.04 bits per heavy atom. The molecule has 9 unspecified atom stereocenters. The lowest BCUT2D eigenvalue weighted by atomic mass is 9.87. The molecule has 7 amide bonds. The zero-order chi connectivity index (χ0) is 65.7. The van der Waals surface area contributed by atoms with E-state index in [-0.39, 0.29) is 73.0 Å². The summed E-state index contributed by atoms with van der Waals surface area (Å²) >= 11 is 13.8. The number of ether oxygens (including phenoxy) is 3. The molecule has 0 aliphatic carbocycles. The summed E-state index contributed by atoms with van der Waals surface area (Å²) in [5, 5.41) is 111. The van der Waals surface area contributed by atoms with Gasteiger partial charge in [0.05, 0.1) is 10.0 Å². The minimum Gasteiger partial charge on any atom is -0.508 e. The van der Waals surface area contributed by atoms with Crippen molar-refractivity contribution < 1.29 is 88.6 Å². The van der Waals surface area contributed by atoms with Crippen molar-refractivity contribution in [3.05, 3.63) is 164 Å². The average Bonchev–Trinajstić information content (AvgIpc) is 1.28. The number of aromatic hydroxyl groups is 6. The molecule has 27 nitrogen and oxygen atoms in total. The highest BCUT2D eigenvalue weighted by atomic mass is 35.5. The third-order valence-electron chi connectivity index (χ3n) is 15.7. The number of carbonyl (C=O) groups is 7. The number of hydrogen-bond donors (Lipinski definition) is 16. The number of halogens is 2. The van der Waals surface area contributed by atoms with Crippen molar-refractivity contribution in [3.8, 4) is 80.1 Å². The van der Waals surface area contributed by atoms with E-state index in [2.05, 4.69) is 37.2 Å². The molecule has 29 heteroatoms. The molecule has 9 atom stereocenters. The van der Waals surface area contributed by atoms with Gasteiger partial charge < -0.3 is 103 Å². The molecule has 7 aromatic rings. The Labute approximate surface area is 531 Å². The number of nitrogens with one attached hydrogen (secondary N) is 7. The Bertz CT molecular complexity index is 4210. The summed E-state index contributed by atoms with van der Waals surface area (Å²) in [6.07, 6.45) is -3.75. The molecule has 6 heterocycles. The predicted molar refractivity (Wildman–Crippen MR) is 325 cm³/mol. The summed E-state index contributed by atoms with van der Waals surface area (Å²) < 4.78 is 18.5. The van der Waals surface area contributed by atoms with Gasteiger partial charge in [-0.25, -0.2) is 0 Å². The zero-order valence-corrected chi connectivity index (χ0v) is 49.7. The summed E-state index contributed by atoms with van der Waals surface area (Å²) in [6.45, 7) is 0.525. The van der Waals surface area contributed by atoms with E-state index in [0.717, 1.165) is 66.7 Å². The molecule has 0 spiro atoms. The van der Waals surface area contributed by atoms with Crippen LogP contribution in [0.3, 0.4) is 0 Å². The second kappa shape index (κ2) is 25.4. The fourth-order valence-electron chi connectivity index (χ4n) is 11.1. The maximum Gasteiger partial charge on any atom is 0.248 e. The first-order valence-electron chi connectivity index (χ1n) is 28.2. The van der Waals surface area contributed by atoms with Gasteiger partial charge in [-0.3, -0.25) is 33.6 Å². The number of hydrogen-bond acceptors (Lipinski definition) is 20. The van der Waals surface area contributed by atoms with Crippen LogP contribution in [-0.2, 0) is 33.6 Å². The lowest BCUT2D eigenvalue weighted by Crippen LogP contribution is -2.56. The molecule has 17 N–H and O–H groups in total. The number of nitrogens with zero attached hydrogens (tertiary/aromatic N) is 1. The summed E-state index contributed by atoms with van der Waals surface area (Å²) in [6, 6.07) is 7.20. The normalized spacial score (nSPS) is 22.1. The van der Waals surface area contributed by atoms with Gasteiger partial charge in [0.15, 0.2) is 23.0 Å². The molecule has 13 rings (SSSR count). The van der Waals surface area contributed by atoms with E-state index in [1.807, 2.05) is 4.90 Å². The fraction of sp³-hybridized carbons (Fsp3) is 0.222. The number of aliphatic hydroxyl groups excluding tert-OH is 2. The number of aliphatic hydroxyl groups is 2. The van der Waals surface area contributed by atoms with Gasteiger partial charge in [-0.05, 0) is 139 Å². The van der Waals surface area contributed by atoms with Crippen LogP contribution in [0.2, 0.25) is 10.0 Å². The highest BCUT2D eigenvalue weighted by molar-refractivity contribution is 6.32. The van der Waals surface area contributed by atoms with Crippen LogP contribution in [0.4, 0.5) is 0 Å². The lowest BCUT2D eigenvalue weighted by Gasteiger charge is -2.31. The Balaban J connectivity index is 1.15. The first-order valence-corrected chi connectivity index (χ1v) is 29.0. The first-order chi connectivity index (χ1) is 43.8. The minimum absolute atomic E-state index is 0.0232. The Kier molecular flexibility index (Phi) is 17.4. The van der Waals surface area contributed by atoms with Crippen LogP contribution >= 0.6 is 23.2 Å². The quantitative estimate of drug-likeness (QED) is 0.106. The monoisotopic (exact) mass is 1300 g/mol. The van der Waals surface area contributed by atoms with Gasteiger partial charge >= 0.3 is 0 Å². The van der Waals surface area contributed by atoms with Crippen molar-refractivity contribution in [3.63, 3.8) is 0 Å². The van der Waals surface area contributed by atoms with Crippen molar-refractivity contribution in [2.45, 2.75) is 60.9 Å². The van der Waals surface area contributed by atoms with Crippen LogP contribution in [0.1, 0.15) is 87.8 Å². The minimum atomic E-state index is -2.25. The Morgan fingerprint density at radius 3 is 1.66 bits per heavy atom. The largest absolute Gasteiger partial charge is 0.508 e. The van der Waals surface area contributed by atoms with E-state index in [9.17, 15) is 50.4 Å². The smallest absolute Gasteiger partial charge is 0.248 e. The molecule has 6 aliphatic rings. The fourth-order valence-corrected chi connectivity index (χ4v) is 11.5. The van der Waals surface area contributed by atoms with E-state index in [1.165, 1.54) is 48.5 Å². The lowest BCUT2D eigenvalue weighted by molar-refractivity contribution is -0.137. The standard InChI is InChI=1S/C63H57Cl2N9O18/c1-74(2)14-4-13-67-58(84)51-34-23-31(76)24-39(79)46(34)45-33(5-3-6-38(45)78)50-61(87)73-53(63(89)71-51)55(81)27-9-12-41(36(65)18-27)92-44-21-29-20-43(56(44)82)91-40-11-8-26(17-35(40)64)54(80)52-62(88)69-48(59(85)68-49(29)60(86)70-50)28-15-30(75)22-32(16-28)90-42-19-25(7-10-37(42)77)47(66)57(83)72-52/h3,5-12,15-24,47-55,75-82H,4,13-14,66H2,1-2H3,(H,67,84)(H,68,85)(H,69,88)(H,70,86)(H,71,89)(H,72,83)(H,73,87). The van der Waals surface area contributed by atoms with E-state index in [1.54, 1.807) is 14.1 Å². The van der Waals surface area contributed by atoms with Crippen LogP contribution in [0.25, 0.3) is 11.1 Å².